The average molecular weight is 298 g/mol. The molecule has 1 saturated heterocycles. The van der Waals surface area contributed by atoms with Crippen molar-refractivity contribution in [1.29, 1.82) is 0 Å². The van der Waals surface area contributed by atoms with Crippen molar-refractivity contribution in [2.75, 3.05) is 33.7 Å². The van der Waals surface area contributed by atoms with Crippen molar-refractivity contribution >= 4 is 11.6 Å². The minimum Gasteiger partial charge on any atom is -0.392 e. The predicted molar refractivity (Wildman–Crippen MR) is 82.9 cm³/mol. The molecule has 1 aliphatic heterocycles. The molecule has 0 amide bonds. The number of likely N-dealkylation sites (N-methyl/N-ethyl adjacent to an activating group) is 1. The molecule has 3 N–H and O–H groups in total. The van der Waals surface area contributed by atoms with Crippen LogP contribution in [0.15, 0.2) is 24.3 Å². The van der Waals surface area contributed by atoms with E-state index in [1.54, 1.807) is 0 Å². The summed E-state index contributed by atoms with van der Waals surface area (Å²) in [5, 5.41) is 10.7. The van der Waals surface area contributed by atoms with E-state index in [0.29, 0.717) is 19.1 Å². The van der Waals surface area contributed by atoms with Crippen LogP contribution in [0.4, 0.5) is 0 Å². The van der Waals surface area contributed by atoms with Gasteiger partial charge in [0.05, 0.1) is 6.10 Å². The number of nitrogens with two attached hydrogens (primary N) is 1. The third kappa shape index (κ3) is 3.71. The van der Waals surface area contributed by atoms with E-state index in [1.807, 2.05) is 18.2 Å². The number of hydrogen-bond donors (Lipinski definition) is 2. The van der Waals surface area contributed by atoms with E-state index < -0.39 is 0 Å². The Balaban J connectivity index is 2.20. The van der Waals surface area contributed by atoms with Crippen LogP contribution in [-0.4, -0.2) is 60.8 Å². The molecule has 1 aliphatic rings. The van der Waals surface area contributed by atoms with Crippen LogP contribution in [-0.2, 0) is 0 Å². The predicted octanol–water partition coefficient (Wildman–Crippen LogP) is 1.34. The monoisotopic (exact) mass is 297 g/mol. The Kier molecular flexibility index (Phi) is 5.41. The first-order valence-corrected chi connectivity index (χ1v) is 7.43. The van der Waals surface area contributed by atoms with Crippen molar-refractivity contribution in [1.82, 2.24) is 9.80 Å². The summed E-state index contributed by atoms with van der Waals surface area (Å²) in [5.74, 6) is 0. The SMILES string of the molecule is CN(C)CC1CC(O)CN1C(CN)c1cccc(Cl)c1. The lowest BCUT2D eigenvalue weighted by atomic mass is 10.0. The van der Waals surface area contributed by atoms with Crippen LogP contribution in [0, 0.1) is 0 Å². The first kappa shape index (κ1) is 15.7. The number of nitrogens with zero attached hydrogens (tertiary/aromatic N) is 2. The van der Waals surface area contributed by atoms with E-state index in [0.717, 1.165) is 23.6 Å². The van der Waals surface area contributed by atoms with Crippen LogP contribution < -0.4 is 5.73 Å². The molecule has 112 valence electrons. The highest BCUT2D eigenvalue weighted by Gasteiger charge is 2.35. The molecular formula is C15H24ClN3O. The smallest absolute Gasteiger partial charge is 0.0682 e. The van der Waals surface area contributed by atoms with E-state index in [2.05, 4.69) is 30.0 Å². The van der Waals surface area contributed by atoms with Crippen molar-refractivity contribution in [2.45, 2.75) is 24.6 Å². The van der Waals surface area contributed by atoms with Gasteiger partial charge in [-0.05, 0) is 38.2 Å². The van der Waals surface area contributed by atoms with Gasteiger partial charge in [0.15, 0.2) is 0 Å². The lowest BCUT2D eigenvalue weighted by molar-refractivity contribution is 0.139. The van der Waals surface area contributed by atoms with E-state index >= 15 is 0 Å². The Hall–Kier alpha value is -0.650. The molecule has 0 bridgehead atoms. The third-order valence-electron chi connectivity index (χ3n) is 3.87. The summed E-state index contributed by atoms with van der Waals surface area (Å²) in [6, 6.07) is 8.28. The van der Waals surface area contributed by atoms with Gasteiger partial charge in [0.1, 0.15) is 0 Å². The number of rotatable bonds is 5. The van der Waals surface area contributed by atoms with Crippen molar-refractivity contribution < 1.29 is 5.11 Å². The Bertz CT molecular complexity index is 441. The van der Waals surface area contributed by atoms with Crippen LogP contribution in [0.3, 0.4) is 0 Å². The van der Waals surface area contributed by atoms with Gasteiger partial charge in [0, 0.05) is 36.7 Å². The van der Waals surface area contributed by atoms with E-state index in [1.165, 1.54) is 0 Å². The van der Waals surface area contributed by atoms with Gasteiger partial charge < -0.3 is 15.7 Å². The molecule has 2 rings (SSSR count). The minimum absolute atomic E-state index is 0.107. The summed E-state index contributed by atoms with van der Waals surface area (Å²) in [5.41, 5.74) is 7.12. The van der Waals surface area contributed by atoms with Crippen molar-refractivity contribution in [3.8, 4) is 0 Å². The normalized spacial score (nSPS) is 25.3. The summed E-state index contributed by atoms with van der Waals surface area (Å²) in [4.78, 5) is 4.47. The second-order valence-corrected chi connectivity index (χ2v) is 6.25. The Morgan fingerprint density at radius 3 is 2.85 bits per heavy atom. The van der Waals surface area contributed by atoms with Crippen LogP contribution in [0.2, 0.25) is 5.02 Å². The molecule has 0 aliphatic carbocycles. The van der Waals surface area contributed by atoms with Crippen molar-refractivity contribution in [3.63, 3.8) is 0 Å². The maximum atomic E-state index is 10.0. The van der Waals surface area contributed by atoms with Crippen LogP contribution >= 0.6 is 11.6 Å². The summed E-state index contributed by atoms with van der Waals surface area (Å²) >= 11 is 6.09. The molecule has 1 aromatic carbocycles. The fourth-order valence-electron chi connectivity index (χ4n) is 3.08. The molecule has 5 heteroatoms. The maximum absolute atomic E-state index is 10.0. The molecule has 0 saturated carbocycles. The Labute approximate surface area is 126 Å². The van der Waals surface area contributed by atoms with Crippen LogP contribution in [0.1, 0.15) is 18.0 Å². The Morgan fingerprint density at radius 2 is 2.25 bits per heavy atom. The van der Waals surface area contributed by atoms with Gasteiger partial charge >= 0.3 is 0 Å². The zero-order chi connectivity index (χ0) is 14.7. The van der Waals surface area contributed by atoms with E-state index in [-0.39, 0.29) is 12.1 Å². The fourth-order valence-corrected chi connectivity index (χ4v) is 3.27. The number of benzene rings is 1. The fraction of sp³-hybridized carbons (Fsp3) is 0.600. The molecule has 3 atom stereocenters. The van der Waals surface area contributed by atoms with Gasteiger partial charge in [-0.3, -0.25) is 4.90 Å². The number of aliphatic hydroxyl groups excluding tert-OH is 1. The third-order valence-corrected chi connectivity index (χ3v) is 4.10. The molecular weight excluding hydrogens is 274 g/mol. The topological polar surface area (TPSA) is 52.7 Å². The highest BCUT2D eigenvalue weighted by atomic mass is 35.5. The number of likely N-dealkylation sites (tertiary alicyclic amines) is 1. The molecule has 1 heterocycles. The molecule has 20 heavy (non-hydrogen) atoms. The number of aliphatic hydroxyl groups is 1. The highest BCUT2D eigenvalue weighted by molar-refractivity contribution is 6.30. The first-order chi connectivity index (χ1) is 9.51. The van der Waals surface area contributed by atoms with Gasteiger partial charge in [-0.25, -0.2) is 0 Å². The van der Waals surface area contributed by atoms with Gasteiger partial charge in [0.25, 0.3) is 0 Å². The molecule has 3 unspecified atom stereocenters. The molecule has 0 aromatic heterocycles. The van der Waals surface area contributed by atoms with Crippen LogP contribution in [0.25, 0.3) is 0 Å². The molecule has 4 nitrogen and oxygen atoms in total. The van der Waals surface area contributed by atoms with E-state index in [9.17, 15) is 5.11 Å². The number of halogens is 1. The standard InChI is InChI=1S/C15H24ClN3O/c1-18(2)9-13-7-14(20)10-19(13)15(8-17)11-4-3-5-12(16)6-11/h3-6,13-15,20H,7-10,17H2,1-2H3. The second kappa shape index (κ2) is 6.87. The second-order valence-electron chi connectivity index (χ2n) is 5.81. The average Bonchev–Trinajstić information content (AvgIpc) is 2.70. The molecule has 1 aromatic rings. The van der Waals surface area contributed by atoms with Crippen LogP contribution in [0.5, 0.6) is 0 Å². The van der Waals surface area contributed by atoms with Gasteiger partial charge in [-0.15, -0.1) is 0 Å². The zero-order valence-corrected chi connectivity index (χ0v) is 12.9. The molecule has 0 spiro atoms. The summed E-state index contributed by atoms with van der Waals surface area (Å²) in [7, 11) is 4.11. The molecule has 1 fully saturated rings. The lowest BCUT2D eigenvalue weighted by Gasteiger charge is -2.33. The van der Waals surface area contributed by atoms with Gasteiger partial charge in [0.2, 0.25) is 0 Å². The summed E-state index contributed by atoms with van der Waals surface area (Å²) in [6.45, 7) is 2.12. The van der Waals surface area contributed by atoms with Gasteiger partial charge in [-0.1, -0.05) is 23.7 Å². The minimum atomic E-state index is -0.270. The zero-order valence-electron chi connectivity index (χ0n) is 12.2. The van der Waals surface area contributed by atoms with Crippen molar-refractivity contribution in [2.24, 2.45) is 5.73 Å². The summed E-state index contributed by atoms with van der Waals surface area (Å²) in [6.07, 6.45) is 0.531. The largest absolute Gasteiger partial charge is 0.392 e. The maximum Gasteiger partial charge on any atom is 0.0682 e. The number of hydrogen-bond acceptors (Lipinski definition) is 4. The Morgan fingerprint density at radius 1 is 1.50 bits per heavy atom. The molecule has 0 radical (unpaired) electrons. The number of β-amino-alcohol motifs (C(OH)–C–C–N with tert-alkyl or cyclic N) is 1. The highest BCUT2D eigenvalue weighted by Crippen LogP contribution is 2.30. The quantitative estimate of drug-likeness (QED) is 0.861. The van der Waals surface area contributed by atoms with E-state index in [4.69, 9.17) is 17.3 Å². The first-order valence-electron chi connectivity index (χ1n) is 7.05. The van der Waals surface area contributed by atoms with Gasteiger partial charge in [-0.2, -0.15) is 0 Å². The lowest BCUT2D eigenvalue weighted by Crippen LogP contribution is -2.42. The van der Waals surface area contributed by atoms with Crippen molar-refractivity contribution in [3.05, 3.63) is 34.9 Å². The summed E-state index contributed by atoms with van der Waals surface area (Å²) < 4.78 is 0.